The van der Waals surface area contributed by atoms with Crippen LogP contribution in [0.4, 0.5) is 17.1 Å². The van der Waals surface area contributed by atoms with Crippen LogP contribution in [0, 0.1) is 10.1 Å². The van der Waals surface area contributed by atoms with E-state index in [0.717, 1.165) is 25.9 Å². The Labute approximate surface area is 184 Å². The van der Waals surface area contributed by atoms with Crippen molar-refractivity contribution in [2.24, 2.45) is 0 Å². The van der Waals surface area contributed by atoms with Crippen LogP contribution in [0.3, 0.4) is 0 Å². The minimum Gasteiger partial charge on any atom is -0.462 e. The van der Waals surface area contributed by atoms with Crippen molar-refractivity contribution in [3.05, 3.63) is 63.7 Å². The van der Waals surface area contributed by atoms with E-state index in [0.29, 0.717) is 16.9 Å². The molecule has 0 atom stereocenters. The molecule has 9 nitrogen and oxygen atoms in total. The van der Waals surface area contributed by atoms with Gasteiger partial charge in [0.1, 0.15) is 5.69 Å². The summed E-state index contributed by atoms with van der Waals surface area (Å²) in [4.78, 5) is 37.2. The molecule has 1 saturated heterocycles. The highest BCUT2D eigenvalue weighted by Gasteiger charge is 2.24. The van der Waals surface area contributed by atoms with E-state index in [4.69, 9.17) is 17.0 Å². The number of ether oxygens (including phenoxy) is 1. The first-order valence-corrected chi connectivity index (χ1v) is 10.2. The number of thiocarbonyl (C=S) groups is 1. The third-order valence-corrected chi connectivity index (χ3v) is 4.97. The molecule has 0 aliphatic carbocycles. The van der Waals surface area contributed by atoms with Gasteiger partial charge in [-0.2, -0.15) is 0 Å². The highest BCUT2D eigenvalue weighted by atomic mass is 32.1. The molecule has 2 aromatic carbocycles. The van der Waals surface area contributed by atoms with E-state index in [-0.39, 0.29) is 23.0 Å². The third kappa shape index (κ3) is 5.54. The summed E-state index contributed by atoms with van der Waals surface area (Å²) in [7, 11) is 0. The van der Waals surface area contributed by atoms with E-state index >= 15 is 0 Å². The maximum Gasteiger partial charge on any atom is 0.338 e. The van der Waals surface area contributed by atoms with E-state index in [2.05, 4.69) is 10.6 Å². The zero-order valence-corrected chi connectivity index (χ0v) is 17.7. The van der Waals surface area contributed by atoms with Gasteiger partial charge in [0, 0.05) is 30.4 Å². The summed E-state index contributed by atoms with van der Waals surface area (Å²) in [5, 5.41) is 16.9. The number of nitrogens with one attached hydrogen (secondary N) is 2. The van der Waals surface area contributed by atoms with Crippen LogP contribution in [-0.4, -0.2) is 41.6 Å². The smallest absolute Gasteiger partial charge is 0.338 e. The first-order valence-electron chi connectivity index (χ1n) is 9.82. The second kappa shape index (κ2) is 9.98. The van der Waals surface area contributed by atoms with Gasteiger partial charge in [-0.1, -0.05) is 0 Å². The molecule has 31 heavy (non-hydrogen) atoms. The van der Waals surface area contributed by atoms with E-state index in [9.17, 15) is 19.7 Å². The molecule has 0 saturated carbocycles. The van der Waals surface area contributed by atoms with Crippen LogP contribution >= 0.6 is 12.2 Å². The van der Waals surface area contributed by atoms with Crippen molar-refractivity contribution >= 4 is 46.3 Å². The molecule has 162 valence electrons. The second-order valence-corrected chi connectivity index (χ2v) is 7.27. The molecule has 3 rings (SSSR count). The molecule has 1 fully saturated rings. The van der Waals surface area contributed by atoms with Crippen LogP contribution in [0.25, 0.3) is 0 Å². The van der Waals surface area contributed by atoms with Gasteiger partial charge in [0.15, 0.2) is 5.11 Å². The van der Waals surface area contributed by atoms with E-state index in [1.165, 1.54) is 6.07 Å². The summed E-state index contributed by atoms with van der Waals surface area (Å²) in [6, 6.07) is 10.8. The molecular formula is C21H22N4O5S. The summed E-state index contributed by atoms with van der Waals surface area (Å²) in [6.07, 6.45) is 1.97. The Morgan fingerprint density at radius 3 is 2.39 bits per heavy atom. The summed E-state index contributed by atoms with van der Waals surface area (Å²) in [5.74, 6) is -0.986. The molecule has 2 aromatic rings. The lowest BCUT2D eigenvalue weighted by atomic mass is 10.1. The number of nitro benzene ring substituents is 1. The molecule has 0 bridgehead atoms. The van der Waals surface area contributed by atoms with Crippen molar-refractivity contribution in [2.75, 3.05) is 29.9 Å². The van der Waals surface area contributed by atoms with Gasteiger partial charge >= 0.3 is 5.97 Å². The topological polar surface area (TPSA) is 114 Å². The Kier molecular flexibility index (Phi) is 7.14. The Morgan fingerprint density at radius 1 is 1.13 bits per heavy atom. The monoisotopic (exact) mass is 442 g/mol. The Morgan fingerprint density at radius 2 is 1.77 bits per heavy atom. The molecule has 10 heteroatoms. The van der Waals surface area contributed by atoms with E-state index in [1.54, 1.807) is 43.3 Å². The third-order valence-electron chi connectivity index (χ3n) is 4.76. The number of esters is 1. The van der Waals surface area contributed by atoms with Gasteiger partial charge in [0.25, 0.3) is 11.6 Å². The minimum atomic E-state index is -0.559. The zero-order valence-electron chi connectivity index (χ0n) is 16.9. The lowest BCUT2D eigenvalue weighted by Gasteiger charge is -2.18. The lowest BCUT2D eigenvalue weighted by molar-refractivity contribution is -0.384. The molecule has 0 spiro atoms. The SMILES string of the molecule is CCOC(=O)c1ccc(NC(=S)NC(=O)c2ccc(N3CCCC3)c([N+](=O)[O-])c2)cc1. The second-order valence-electron chi connectivity index (χ2n) is 6.86. The van der Waals surface area contributed by atoms with Gasteiger partial charge in [-0.3, -0.25) is 20.2 Å². The van der Waals surface area contributed by atoms with Gasteiger partial charge in [-0.25, -0.2) is 4.79 Å². The largest absolute Gasteiger partial charge is 0.462 e. The number of amides is 1. The minimum absolute atomic E-state index is 0.0279. The normalized spacial score (nSPS) is 12.9. The van der Waals surface area contributed by atoms with Crippen LogP contribution in [-0.2, 0) is 4.74 Å². The first-order chi connectivity index (χ1) is 14.9. The van der Waals surface area contributed by atoms with Crippen molar-refractivity contribution in [3.8, 4) is 0 Å². The van der Waals surface area contributed by atoms with Gasteiger partial charge in [-0.15, -0.1) is 0 Å². The summed E-state index contributed by atoms with van der Waals surface area (Å²) in [6.45, 7) is 3.53. The summed E-state index contributed by atoms with van der Waals surface area (Å²) in [5.41, 5.74) is 1.50. The lowest BCUT2D eigenvalue weighted by Crippen LogP contribution is -2.34. The van der Waals surface area contributed by atoms with E-state index < -0.39 is 16.8 Å². The molecule has 1 amide bonds. The number of hydrogen-bond donors (Lipinski definition) is 2. The molecule has 1 heterocycles. The standard InChI is InChI=1S/C21H22N4O5S/c1-2-30-20(27)14-5-8-16(9-6-14)22-21(31)23-19(26)15-7-10-17(18(13-15)25(28)29)24-11-3-4-12-24/h5-10,13H,2-4,11-12H2,1H3,(H2,22,23,26,31). The molecule has 2 N–H and O–H groups in total. The maximum atomic E-state index is 12.5. The Balaban J connectivity index is 1.65. The first kappa shape index (κ1) is 22.2. The van der Waals surface area contributed by atoms with Crippen LogP contribution in [0.5, 0.6) is 0 Å². The number of benzene rings is 2. The van der Waals surface area contributed by atoms with Gasteiger partial charge in [-0.05, 0) is 68.4 Å². The van der Waals surface area contributed by atoms with Crippen molar-refractivity contribution in [1.29, 1.82) is 0 Å². The number of nitro groups is 1. The number of rotatable bonds is 6. The predicted octanol–water partition coefficient (Wildman–Crippen LogP) is 3.50. The number of nitrogens with zero attached hydrogens (tertiary/aromatic N) is 2. The number of anilines is 2. The summed E-state index contributed by atoms with van der Waals surface area (Å²) < 4.78 is 4.92. The van der Waals surface area contributed by atoms with Crippen molar-refractivity contribution in [2.45, 2.75) is 19.8 Å². The number of carbonyl (C=O) groups is 2. The maximum absolute atomic E-state index is 12.5. The van der Waals surface area contributed by atoms with Crippen LogP contribution in [0.2, 0.25) is 0 Å². The molecular weight excluding hydrogens is 420 g/mol. The summed E-state index contributed by atoms with van der Waals surface area (Å²) >= 11 is 5.16. The van der Waals surface area contributed by atoms with Crippen LogP contribution in [0.15, 0.2) is 42.5 Å². The predicted molar refractivity (Wildman–Crippen MR) is 121 cm³/mol. The Hall–Kier alpha value is -3.53. The fraction of sp³-hybridized carbons (Fsp3) is 0.286. The van der Waals surface area contributed by atoms with Crippen LogP contribution in [0.1, 0.15) is 40.5 Å². The number of hydrogen-bond acceptors (Lipinski definition) is 7. The van der Waals surface area contributed by atoms with Crippen molar-refractivity contribution in [3.63, 3.8) is 0 Å². The molecule has 1 aliphatic heterocycles. The highest BCUT2D eigenvalue weighted by Crippen LogP contribution is 2.31. The van der Waals surface area contributed by atoms with Crippen molar-refractivity contribution in [1.82, 2.24) is 5.32 Å². The quantitative estimate of drug-likeness (QED) is 0.302. The average Bonchev–Trinajstić information content (AvgIpc) is 3.28. The fourth-order valence-electron chi connectivity index (χ4n) is 3.28. The van der Waals surface area contributed by atoms with E-state index in [1.807, 2.05) is 4.90 Å². The van der Waals surface area contributed by atoms with Gasteiger partial charge in [0.05, 0.1) is 17.1 Å². The molecule has 0 aromatic heterocycles. The molecule has 0 unspecified atom stereocenters. The van der Waals surface area contributed by atoms with Crippen LogP contribution < -0.4 is 15.5 Å². The highest BCUT2D eigenvalue weighted by molar-refractivity contribution is 7.80. The average molecular weight is 442 g/mol. The number of carbonyl (C=O) groups excluding carboxylic acids is 2. The fourth-order valence-corrected chi connectivity index (χ4v) is 3.49. The Bertz CT molecular complexity index is 1000. The van der Waals surface area contributed by atoms with Gasteiger partial charge < -0.3 is 15.0 Å². The van der Waals surface area contributed by atoms with Crippen molar-refractivity contribution < 1.29 is 19.2 Å². The van der Waals surface area contributed by atoms with Gasteiger partial charge in [0.2, 0.25) is 0 Å². The molecule has 1 aliphatic rings. The zero-order chi connectivity index (χ0) is 22.4. The molecule has 0 radical (unpaired) electrons.